The molecule has 0 spiro atoms. The maximum atomic E-state index is 8.88. The average Bonchev–Trinajstić information content (AvgIpc) is 1.36. The van der Waals surface area contributed by atoms with E-state index >= 15 is 0 Å². The molecule has 6 heteroatoms. The largest absolute Gasteiger partial charge is 0.466 e. The number of hydrogen-bond acceptors (Lipinski definition) is 2. The Bertz CT molecular complexity index is 60.2. The minimum absolute atomic E-state index is 0. The summed E-state index contributed by atoms with van der Waals surface area (Å²) in [7, 11) is -4.64. The first-order chi connectivity index (χ1) is 3.00. The molecule has 0 rings (SSSR count). The molecule has 0 aromatic rings. The number of hydrogen-bond donors (Lipinski definition) is 4. The minimum atomic E-state index is -4.64. The van der Waals surface area contributed by atoms with Crippen molar-refractivity contribution in [1.82, 2.24) is 6.15 Å². The van der Waals surface area contributed by atoms with Gasteiger partial charge in [0.15, 0.2) is 0 Å². The van der Waals surface area contributed by atoms with Crippen molar-refractivity contribution in [2.75, 3.05) is 0 Å². The van der Waals surface area contributed by atoms with Gasteiger partial charge in [0.05, 0.1) is 0 Å². The van der Waals surface area contributed by atoms with E-state index in [0.29, 0.717) is 0 Å². The van der Waals surface area contributed by atoms with Gasteiger partial charge in [-0.05, 0) is 0 Å². The second-order valence-corrected chi connectivity index (χ2v) is 1.54. The van der Waals surface area contributed by atoms with Gasteiger partial charge >= 0.3 is 7.82 Å². The SMILES string of the molecule is CC.N.O=P(O)(O)O. The molecule has 0 aromatic heterocycles. The Balaban J connectivity index is -0.0000000750. The minimum Gasteiger partial charge on any atom is -0.344 e. The third-order valence-corrected chi connectivity index (χ3v) is 0. The fourth-order valence-corrected chi connectivity index (χ4v) is 0. The molecule has 0 aliphatic heterocycles. The van der Waals surface area contributed by atoms with Gasteiger partial charge in [0.2, 0.25) is 0 Å². The van der Waals surface area contributed by atoms with Crippen LogP contribution in [0.25, 0.3) is 0 Å². The van der Waals surface area contributed by atoms with Crippen LogP contribution >= 0.6 is 7.82 Å². The van der Waals surface area contributed by atoms with Crippen LogP contribution in [0, 0.1) is 0 Å². The topological polar surface area (TPSA) is 113 Å². The van der Waals surface area contributed by atoms with E-state index in [2.05, 4.69) is 0 Å². The third kappa shape index (κ3) is 31800. The van der Waals surface area contributed by atoms with Crippen LogP contribution in [0.2, 0.25) is 0 Å². The van der Waals surface area contributed by atoms with Gasteiger partial charge in [0.25, 0.3) is 0 Å². The van der Waals surface area contributed by atoms with Gasteiger partial charge < -0.3 is 20.8 Å². The highest BCUT2D eigenvalue weighted by atomic mass is 31.2. The van der Waals surface area contributed by atoms with Gasteiger partial charge in [0.1, 0.15) is 0 Å². The predicted molar refractivity (Wildman–Crippen MR) is 30.6 cm³/mol. The molecule has 0 fully saturated rings. The van der Waals surface area contributed by atoms with Crippen LogP contribution in [0.15, 0.2) is 0 Å². The zero-order valence-electron chi connectivity index (χ0n) is 4.90. The van der Waals surface area contributed by atoms with Crippen LogP contribution in [0.5, 0.6) is 0 Å². The fourth-order valence-electron chi connectivity index (χ4n) is 0. The lowest BCUT2D eigenvalue weighted by molar-refractivity contribution is 0.275. The van der Waals surface area contributed by atoms with E-state index in [0.717, 1.165) is 0 Å². The first kappa shape index (κ1) is 15.7. The molecule has 0 aliphatic carbocycles. The molecule has 0 aliphatic rings. The zero-order chi connectivity index (χ0) is 6.50. The summed E-state index contributed by atoms with van der Waals surface area (Å²) in [5.41, 5.74) is 0. The summed E-state index contributed by atoms with van der Waals surface area (Å²) < 4.78 is 8.88. The molecular formula is C2H12NO4P. The highest BCUT2D eigenvalue weighted by Gasteiger charge is 2.00. The van der Waals surface area contributed by atoms with Gasteiger partial charge in [0, 0.05) is 0 Å². The lowest BCUT2D eigenvalue weighted by atomic mass is 11.0. The van der Waals surface area contributed by atoms with Gasteiger partial charge in [-0.15, -0.1) is 0 Å². The molecule has 0 heterocycles. The van der Waals surface area contributed by atoms with Crippen LogP contribution in [0.1, 0.15) is 13.8 Å². The molecule has 0 saturated carbocycles. The van der Waals surface area contributed by atoms with Crippen molar-refractivity contribution in [2.45, 2.75) is 13.8 Å². The second kappa shape index (κ2) is 7.07. The molecule has 0 saturated heterocycles. The highest BCUT2D eigenvalue weighted by molar-refractivity contribution is 7.45. The molecular weight excluding hydrogens is 133 g/mol. The predicted octanol–water partition coefficient (Wildman–Crippen LogP) is 0.260. The van der Waals surface area contributed by atoms with Gasteiger partial charge in [-0.3, -0.25) is 0 Å². The Labute approximate surface area is 48.2 Å². The Morgan fingerprint density at radius 2 is 1.12 bits per heavy atom. The van der Waals surface area contributed by atoms with Crippen molar-refractivity contribution in [3.05, 3.63) is 0 Å². The van der Waals surface area contributed by atoms with Gasteiger partial charge in [-0.25, -0.2) is 4.57 Å². The van der Waals surface area contributed by atoms with Gasteiger partial charge in [-0.2, -0.15) is 0 Å². The van der Waals surface area contributed by atoms with Crippen LogP contribution in [-0.2, 0) is 4.57 Å². The van der Waals surface area contributed by atoms with Crippen LogP contribution in [-0.4, -0.2) is 14.7 Å². The number of rotatable bonds is 0. The molecule has 0 atom stereocenters. The highest BCUT2D eigenvalue weighted by Crippen LogP contribution is 2.25. The lowest BCUT2D eigenvalue weighted by Gasteiger charge is -1.82. The second-order valence-electron chi connectivity index (χ2n) is 0.513. The summed E-state index contributed by atoms with van der Waals surface area (Å²) in [4.78, 5) is 21.6. The van der Waals surface area contributed by atoms with E-state index in [-0.39, 0.29) is 6.15 Å². The smallest absolute Gasteiger partial charge is 0.344 e. The van der Waals surface area contributed by atoms with E-state index in [4.69, 9.17) is 19.2 Å². The van der Waals surface area contributed by atoms with E-state index in [9.17, 15) is 0 Å². The van der Waals surface area contributed by atoms with E-state index in [1.807, 2.05) is 13.8 Å². The average molecular weight is 145 g/mol. The molecule has 0 amide bonds. The van der Waals surface area contributed by atoms with Crippen LogP contribution < -0.4 is 6.15 Å². The van der Waals surface area contributed by atoms with Crippen molar-refractivity contribution >= 4 is 7.82 Å². The van der Waals surface area contributed by atoms with Crippen LogP contribution in [0.3, 0.4) is 0 Å². The zero-order valence-corrected chi connectivity index (χ0v) is 5.80. The summed E-state index contributed by atoms with van der Waals surface area (Å²) in [6, 6.07) is 0. The number of phosphoric acid groups is 1. The summed E-state index contributed by atoms with van der Waals surface area (Å²) >= 11 is 0. The first-order valence-electron chi connectivity index (χ1n) is 1.78. The van der Waals surface area contributed by atoms with Crippen molar-refractivity contribution < 1.29 is 19.2 Å². The summed E-state index contributed by atoms with van der Waals surface area (Å²) in [5.74, 6) is 0. The van der Waals surface area contributed by atoms with E-state index < -0.39 is 7.82 Å². The molecule has 0 radical (unpaired) electrons. The lowest BCUT2D eigenvalue weighted by Crippen LogP contribution is -1.66. The Morgan fingerprint density at radius 3 is 1.12 bits per heavy atom. The van der Waals surface area contributed by atoms with Crippen molar-refractivity contribution in [2.24, 2.45) is 0 Å². The fraction of sp³-hybridized carbons (Fsp3) is 1.00. The van der Waals surface area contributed by atoms with E-state index in [1.54, 1.807) is 0 Å². The maximum Gasteiger partial charge on any atom is 0.466 e. The maximum absolute atomic E-state index is 8.88. The van der Waals surface area contributed by atoms with Crippen molar-refractivity contribution in [1.29, 1.82) is 0 Å². The van der Waals surface area contributed by atoms with Gasteiger partial charge in [-0.1, -0.05) is 13.8 Å². The van der Waals surface area contributed by atoms with Crippen molar-refractivity contribution in [3.8, 4) is 0 Å². The van der Waals surface area contributed by atoms with E-state index in [1.165, 1.54) is 0 Å². The summed E-state index contributed by atoms with van der Waals surface area (Å²) in [6.45, 7) is 4.00. The molecule has 0 bridgehead atoms. The standard InChI is InChI=1S/C2H6.H3N.H3O4P/c1-2;;1-5(2,3)4/h1-2H3;1H3;(H3,1,2,3,4). The van der Waals surface area contributed by atoms with Crippen LogP contribution in [0.4, 0.5) is 0 Å². The molecule has 54 valence electrons. The Morgan fingerprint density at radius 1 is 1.12 bits per heavy atom. The first-order valence-corrected chi connectivity index (χ1v) is 3.35. The Kier molecular flexibility index (Phi) is 13.9. The molecule has 6 N–H and O–H groups in total. The normalized spacial score (nSPS) is 8.12. The molecule has 8 heavy (non-hydrogen) atoms. The molecule has 0 aromatic carbocycles. The Hall–Kier alpha value is 0.0700. The quantitative estimate of drug-likeness (QED) is 0.365. The summed E-state index contributed by atoms with van der Waals surface area (Å²) in [5, 5.41) is 0. The summed E-state index contributed by atoms with van der Waals surface area (Å²) in [6.07, 6.45) is 0. The van der Waals surface area contributed by atoms with Crippen molar-refractivity contribution in [3.63, 3.8) is 0 Å². The molecule has 5 nitrogen and oxygen atoms in total. The molecule has 0 unspecified atom stereocenters. The monoisotopic (exact) mass is 145 g/mol. The third-order valence-electron chi connectivity index (χ3n) is 0.